The van der Waals surface area contributed by atoms with Crippen molar-refractivity contribution in [3.05, 3.63) is 29.3 Å². The number of likely N-dealkylation sites (tertiary alicyclic amines) is 1. The van der Waals surface area contributed by atoms with Gasteiger partial charge in [0.05, 0.1) is 20.6 Å². The molecule has 1 aliphatic carbocycles. The number of nitrogens with zero attached hydrogens (tertiary/aromatic N) is 2. The summed E-state index contributed by atoms with van der Waals surface area (Å²) in [4.78, 5) is 20.5. The highest BCUT2D eigenvalue weighted by atomic mass is 32.1. The maximum absolute atomic E-state index is 13.5. The molecule has 134 valence electrons. The topological polar surface area (TPSA) is 33.2 Å². The Balaban J connectivity index is 1.59. The third kappa shape index (κ3) is 3.46. The number of carbonyl (C=O) groups is 1. The minimum atomic E-state index is -0.202. The molecule has 2 heterocycles. The van der Waals surface area contributed by atoms with E-state index in [0.29, 0.717) is 5.91 Å². The number of hydrogen-bond donors (Lipinski definition) is 0. The number of carbonyl (C=O) groups excluding carboxylic acids is 1. The smallest absolute Gasteiger partial charge is 0.229 e. The summed E-state index contributed by atoms with van der Waals surface area (Å²) in [6.45, 7) is 4.20. The first-order valence-corrected chi connectivity index (χ1v) is 10.6. The van der Waals surface area contributed by atoms with E-state index in [1.165, 1.54) is 24.0 Å². The quantitative estimate of drug-likeness (QED) is 0.771. The van der Waals surface area contributed by atoms with E-state index in [1.807, 2.05) is 6.07 Å². The van der Waals surface area contributed by atoms with E-state index in [4.69, 9.17) is 4.98 Å². The largest absolute Gasteiger partial charge is 0.342 e. The van der Waals surface area contributed by atoms with E-state index >= 15 is 0 Å². The first kappa shape index (κ1) is 17.0. The molecular weight excluding hydrogens is 328 g/mol. The SMILES string of the molecule is CC1CCN(C(=O)C2(Cc3nc4ccccc4s3)CCCCC2)CC1. The van der Waals surface area contributed by atoms with Gasteiger partial charge in [-0.25, -0.2) is 4.98 Å². The molecule has 0 N–H and O–H groups in total. The van der Waals surface area contributed by atoms with Gasteiger partial charge in [-0.05, 0) is 43.7 Å². The molecule has 4 rings (SSSR count). The Bertz CT molecular complexity index is 706. The summed E-state index contributed by atoms with van der Waals surface area (Å²) in [7, 11) is 0. The van der Waals surface area contributed by atoms with Crippen molar-refractivity contribution in [3.8, 4) is 0 Å². The number of rotatable bonds is 3. The van der Waals surface area contributed by atoms with Gasteiger partial charge in [-0.1, -0.05) is 38.3 Å². The normalized spacial score (nSPS) is 21.6. The van der Waals surface area contributed by atoms with Crippen LogP contribution < -0.4 is 0 Å². The predicted molar refractivity (Wildman–Crippen MR) is 104 cm³/mol. The summed E-state index contributed by atoms with van der Waals surface area (Å²) < 4.78 is 1.24. The molecule has 4 heteroatoms. The Morgan fingerprint density at radius 2 is 1.92 bits per heavy atom. The first-order valence-electron chi connectivity index (χ1n) is 9.80. The molecule has 2 fully saturated rings. The number of thiazole rings is 1. The van der Waals surface area contributed by atoms with Crippen LogP contribution in [0.25, 0.3) is 10.2 Å². The molecule has 1 aromatic heterocycles. The minimum Gasteiger partial charge on any atom is -0.342 e. The number of benzene rings is 1. The molecule has 2 aliphatic rings. The molecule has 1 aromatic carbocycles. The van der Waals surface area contributed by atoms with Gasteiger partial charge >= 0.3 is 0 Å². The van der Waals surface area contributed by atoms with Crippen LogP contribution in [0, 0.1) is 11.3 Å². The van der Waals surface area contributed by atoms with Crippen LogP contribution in [-0.4, -0.2) is 28.9 Å². The number of para-hydroxylation sites is 1. The number of aromatic nitrogens is 1. The highest BCUT2D eigenvalue weighted by Gasteiger charge is 2.43. The first-order chi connectivity index (χ1) is 12.2. The van der Waals surface area contributed by atoms with Crippen molar-refractivity contribution in [2.45, 2.75) is 58.3 Å². The summed E-state index contributed by atoms with van der Waals surface area (Å²) in [6, 6.07) is 8.33. The molecule has 1 saturated heterocycles. The Morgan fingerprint density at radius 3 is 2.64 bits per heavy atom. The van der Waals surface area contributed by atoms with Crippen molar-refractivity contribution in [3.63, 3.8) is 0 Å². The van der Waals surface area contributed by atoms with Crippen LogP contribution in [-0.2, 0) is 11.2 Å². The van der Waals surface area contributed by atoms with E-state index < -0.39 is 0 Å². The van der Waals surface area contributed by atoms with Crippen LogP contribution in [0.3, 0.4) is 0 Å². The molecule has 1 saturated carbocycles. The van der Waals surface area contributed by atoms with Crippen LogP contribution in [0.15, 0.2) is 24.3 Å². The summed E-state index contributed by atoms with van der Waals surface area (Å²) in [5.41, 5.74) is 0.875. The van der Waals surface area contributed by atoms with E-state index in [2.05, 4.69) is 30.0 Å². The van der Waals surface area contributed by atoms with Gasteiger partial charge in [0.25, 0.3) is 0 Å². The predicted octanol–water partition coefficient (Wildman–Crippen LogP) is 5.05. The van der Waals surface area contributed by atoms with Crippen molar-refractivity contribution in [1.29, 1.82) is 0 Å². The fourth-order valence-electron chi connectivity index (χ4n) is 4.53. The number of fused-ring (bicyclic) bond motifs is 1. The molecule has 2 aromatic rings. The van der Waals surface area contributed by atoms with Crippen molar-refractivity contribution in [1.82, 2.24) is 9.88 Å². The maximum atomic E-state index is 13.5. The molecule has 0 unspecified atom stereocenters. The second-order valence-electron chi connectivity index (χ2n) is 8.07. The minimum absolute atomic E-state index is 0.202. The van der Waals surface area contributed by atoms with Crippen LogP contribution in [0.1, 0.15) is 56.9 Å². The summed E-state index contributed by atoms with van der Waals surface area (Å²) in [5, 5.41) is 1.14. The lowest BCUT2D eigenvalue weighted by molar-refractivity contribution is -0.145. The molecular formula is C21H28N2OS. The Morgan fingerprint density at radius 1 is 1.20 bits per heavy atom. The zero-order valence-electron chi connectivity index (χ0n) is 15.2. The van der Waals surface area contributed by atoms with Crippen molar-refractivity contribution >= 4 is 27.5 Å². The van der Waals surface area contributed by atoms with E-state index in [9.17, 15) is 4.79 Å². The molecule has 1 aliphatic heterocycles. The summed E-state index contributed by atoms with van der Waals surface area (Å²) >= 11 is 1.77. The molecule has 3 nitrogen and oxygen atoms in total. The molecule has 1 amide bonds. The van der Waals surface area contributed by atoms with Crippen molar-refractivity contribution in [2.75, 3.05) is 13.1 Å². The average molecular weight is 357 g/mol. The number of amides is 1. The zero-order valence-corrected chi connectivity index (χ0v) is 16.0. The highest BCUT2D eigenvalue weighted by Crippen LogP contribution is 2.42. The second kappa shape index (κ2) is 7.06. The third-order valence-corrected chi connectivity index (χ3v) is 7.20. The van der Waals surface area contributed by atoms with Crippen molar-refractivity contribution in [2.24, 2.45) is 11.3 Å². The molecule has 0 atom stereocenters. The van der Waals surface area contributed by atoms with Crippen LogP contribution >= 0.6 is 11.3 Å². The second-order valence-corrected chi connectivity index (χ2v) is 9.18. The average Bonchev–Trinajstić information content (AvgIpc) is 3.04. The van der Waals surface area contributed by atoms with Gasteiger partial charge in [0.15, 0.2) is 0 Å². The van der Waals surface area contributed by atoms with Crippen LogP contribution in [0.2, 0.25) is 0 Å². The summed E-state index contributed by atoms with van der Waals surface area (Å²) in [6.07, 6.45) is 8.85. The lowest BCUT2D eigenvalue weighted by Gasteiger charge is -2.41. The van der Waals surface area contributed by atoms with Crippen molar-refractivity contribution < 1.29 is 4.79 Å². The van der Waals surface area contributed by atoms with E-state index in [0.717, 1.165) is 61.6 Å². The van der Waals surface area contributed by atoms with Crippen LogP contribution in [0.5, 0.6) is 0 Å². The zero-order chi connectivity index (χ0) is 17.3. The fourth-order valence-corrected chi connectivity index (χ4v) is 5.64. The standard InChI is InChI=1S/C21H28N2OS/c1-16-9-13-23(14-10-16)20(24)21(11-5-2-6-12-21)15-19-22-17-7-3-4-8-18(17)25-19/h3-4,7-8,16H,2,5-6,9-15H2,1H3. The van der Waals surface area contributed by atoms with Gasteiger partial charge in [0.2, 0.25) is 5.91 Å². The van der Waals surface area contributed by atoms with Gasteiger partial charge in [-0.3, -0.25) is 4.79 Å². The summed E-state index contributed by atoms with van der Waals surface area (Å²) in [5.74, 6) is 1.17. The lowest BCUT2D eigenvalue weighted by Crippen LogP contribution is -2.49. The Kier molecular flexibility index (Phi) is 4.81. The maximum Gasteiger partial charge on any atom is 0.229 e. The molecule has 0 bridgehead atoms. The van der Waals surface area contributed by atoms with Gasteiger partial charge in [-0.2, -0.15) is 0 Å². The molecule has 0 spiro atoms. The Labute approximate surface area is 154 Å². The van der Waals surface area contributed by atoms with Gasteiger partial charge in [0.1, 0.15) is 0 Å². The lowest BCUT2D eigenvalue weighted by atomic mass is 9.70. The van der Waals surface area contributed by atoms with Crippen LogP contribution in [0.4, 0.5) is 0 Å². The fraction of sp³-hybridized carbons (Fsp3) is 0.619. The third-order valence-electron chi connectivity index (χ3n) is 6.16. The van der Waals surface area contributed by atoms with Gasteiger partial charge < -0.3 is 4.90 Å². The van der Waals surface area contributed by atoms with Gasteiger partial charge in [0, 0.05) is 19.5 Å². The Hall–Kier alpha value is -1.42. The van der Waals surface area contributed by atoms with E-state index in [1.54, 1.807) is 11.3 Å². The van der Waals surface area contributed by atoms with Gasteiger partial charge in [-0.15, -0.1) is 11.3 Å². The number of piperidine rings is 1. The molecule has 0 radical (unpaired) electrons. The van der Waals surface area contributed by atoms with E-state index in [-0.39, 0.29) is 5.41 Å². The molecule has 25 heavy (non-hydrogen) atoms. The highest BCUT2D eigenvalue weighted by molar-refractivity contribution is 7.18. The monoisotopic (exact) mass is 356 g/mol. The number of hydrogen-bond acceptors (Lipinski definition) is 3.